The summed E-state index contributed by atoms with van der Waals surface area (Å²) < 4.78 is 40.3. The van der Waals surface area contributed by atoms with E-state index in [-0.39, 0.29) is 153 Å². The number of aliphatic hydroxyl groups is 3. The summed E-state index contributed by atoms with van der Waals surface area (Å²) in [7, 11) is 0. The normalized spacial score (nSPS) is 24.4. The number of esters is 2. The fourth-order valence-electron chi connectivity index (χ4n) is 11.2. The Morgan fingerprint density at radius 1 is 0.903 bits per heavy atom. The van der Waals surface area contributed by atoms with Crippen molar-refractivity contribution in [2.45, 2.75) is 187 Å². The summed E-state index contributed by atoms with van der Waals surface area (Å²) in [5.41, 5.74) is 4.32. The van der Waals surface area contributed by atoms with Crippen LogP contribution in [-0.2, 0) is 79.7 Å². The summed E-state index contributed by atoms with van der Waals surface area (Å²) in [4.78, 5) is 133. The van der Waals surface area contributed by atoms with E-state index in [1.165, 1.54) is 28.9 Å². The third kappa shape index (κ3) is 25.5. The number of epoxide rings is 1. The average molecular weight is 1310 g/mol. The topological polar surface area (TPSA) is 359 Å². The van der Waals surface area contributed by atoms with Crippen molar-refractivity contribution >= 4 is 59.4 Å². The minimum atomic E-state index is -1.50. The van der Waals surface area contributed by atoms with E-state index in [1.54, 1.807) is 96.2 Å². The lowest BCUT2D eigenvalue weighted by atomic mass is 9.88. The molecule has 5 rings (SSSR count). The highest BCUT2D eigenvalue weighted by Gasteiger charge is 2.47. The van der Waals surface area contributed by atoms with Gasteiger partial charge in [0.1, 0.15) is 24.1 Å². The smallest absolute Gasteiger partial charge is 0.410 e. The minimum absolute atomic E-state index is 0.00286. The van der Waals surface area contributed by atoms with Crippen molar-refractivity contribution in [1.82, 2.24) is 25.3 Å². The number of nitrogens with one attached hydrogen (secondary N) is 2. The predicted molar refractivity (Wildman–Crippen MR) is 338 cm³/mol. The molecule has 7 N–H and O–H groups in total. The van der Waals surface area contributed by atoms with Crippen molar-refractivity contribution in [1.29, 1.82) is 0 Å². The average Bonchev–Trinajstić information content (AvgIpc) is 1.74. The number of nitrogens with two attached hydrogens (primary N) is 1. The Bertz CT molecular complexity index is 2830. The number of benzene rings is 1. The first-order chi connectivity index (χ1) is 44.0. The number of hydrogen-bond acceptors (Lipinski definition) is 20. The van der Waals surface area contributed by atoms with Crippen LogP contribution in [0.4, 0.5) is 14.4 Å². The molecule has 7 amide bonds. The van der Waals surface area contributed by atoms with Crippen LogP contribution in [0, 0.1) is 23.7 Å². The number of urea groups is 1. The maximum absolute atomic E-state index is 14.0. The minimum Gasteiger partial charge on any atom is -0.457 e. The molecule has 0 spiro atoms. The molecule has 12 atom stereocenters. The number of piperazine rings is 1. The van der Waals surface area contributed by atoms with Crippen LogP contribution >= 0.6 is 0 Å². The maximum Gasteiger partial charge on any atom is 0.410 e. The zero-order valence-electron chi connectivity index (χ0n) is 55.3. The van der Waals surface area contributed by atoms with Crippen LogP contribution in [0.3, 0.4) is 0 Å². The van der Waals surface area contributed by atoms with E-state index in [1.807, 2.05) is 13.8 Å². The molecule has 26 nitrogen and oxygen atoms in total. The molecule has 0 unspecified atom stereocenters. The Labute approximate surface area is 544 Å². The highest BCUT2D eigenvalue weighted by Crippen LogP contribution is 2.38. The summed E-state index contributed by atoms with van der Waals surface area (Å²) in [6.45, 7) is 16.4. The molecule has 0 aliphatic carbocycles. The number of aliphatic hydroxyl groups excluding tert-OH is 2. The van der Waals surface area contributed by atoms with Crippen LogP contribution in [0.1, 0.15) is 131 Å². The summed E-state index contributed by atoms with van der Waals surface area (Å²) in [5, 5.41) is 37.9. The number of cyclic esters (lactones) is 1. The molecule has 2 saturated heterocycles. The van der Waals surface area contributed by atoms with Crippen molar-refractivity contribution in [2.24, 2.45) is 29.4 Å². The molecule has 1 aromatic carbocycles. The molecule has 0 bridgehead atoms. The van der Waals surface area contributed by atoms with Crippen LogP contribution in [0.2, 0.25) is 0 Å². The zero-order chi connectivity index (χ0) is 68.6. The molecule has 4 aliphatic rings. The lowest BCUT2D eigenvalue weighted by Crippen LogP contribution is -2.53. The van der Waals surface area contributed by atoms with Crippen molar-refractivity contribution < 1.29 is 96.4 Å². The van der Waals surface area contributed by atoms with Crippen LogP contribution in [0.15, 0.2) is 72.4 Å². The zero-order valence-corrected chi connectivity index (χ0v) is 55.3. The van der Waals surface area contributed by atoms with Crippen molar-refractivity contribution in [3.05, 3.63) is 83.5 Å². The molecule has 4 heterocycles. The molecular formula is C67H98N6O20. The fraction of sp³-hybridized carbons (Fsp3) is 0.642. The van der Waals surface area contributed by atoms with Crippen molar-refractivity contribution in [3.63, 3.8) is 0 Å². The molecule has 1 aromatic rings. The maximum atomic E-state index is 14.0. The third-order valence-corrected chi connectivity index (χ3v) is 17.0. The summed E-state index contributed by atoms with van der Waals surface area (Å²) in [5.74, 6) is -4.78. The van der Waals surface area contributed by atoms with Crippen LogP contribution in [-0.4, -0.2) is 209 Å². The quantitative estimate of drug-likeness (QED) is 0.0104. The molecular weight excluding hydrogens is 1210 g/mol. The standard InChI is InChI=1S/C67H98N6O20/c1-10-53(77)45(6)61-55(90-61)40-66(8,86)25-11-13-43(4)60-44(5)15-20-56(67(9,93-46(7)74)26-23-49(75)39-59(81)92-60)91-65(85)72-30-28-71(29-31-72)64(84)89-41-48-18-16-47(17-19-48)37-54(78)52(14-12-27-69-63(68)83)70-62(82)51(42(2)3)38-50(76)24-33-87-35-36-88-34-32-73-57(79)21-22-58(73)80/h11,13,15-22,25,42,44-45,49,51-53,55-56,60-61,75,77,86H,10,12,14,23-24,26-41H2,1-9H3,(H,70,82)(H3,68,69,83)/b20-15+,25-11+,43-13+/t44-,45+,49+,51-,52-,53-,55+,56-,60+,61+,66-,67+/m0/s1. The Hall–Kier alpha value is -7.36. The van der Waals surface area contributed by atoms with E-state index in [0.29, 0.717) is 36.0 Å². The van der Waals surface area contributed by atoms with Gasteiger partial charge in [-0.15, -0.1) is 0 Å². The number of primary amides is 1. The van der Waals surface area contributed by atoms with Crippen molar-refractivity contribution in [2.75, 3.05) is 65.7 Å². The van der Waals surface area contributed by atoms with Crippen molar-refractivity contribution in [3.8, 4) is 0 Å². The number of imide groups is 1. The van der Waals surface area contributed by atoms with Gasteiger partial charge in [-0.2, -0.15) is 0 Å². The van der Waals surface area contributed by atoms with Gasteiger partial charge in [0, 0.05) is 95.2 Å². The molecule has 93 heavy (non-hydrogen) atoms. The molecule has 0 radical (unpaired) electrons. The van der Waals surface area contributed by atoms with Gasteiger partial charge in [0.2, 0.25) is 5.91 Å². The van der Waals surface area contributed by atoms with Gasteiger partial charge < -0.3 is 74.6 Å². The summed E-state index contributed by atoms with van der Waals surface area (Å²) in [6.07, 6.45) is 5.99. The monoisotopic (exact) mass is 1310 g/mol. The molecule has 4 aliphatic heterocycles. The van der Waals surface area contributed by atoms with Gasteiger partial charge in [-0.3, -0.25) is 38.5 Å². The lowest BCUT2D eigenvalue weighted by molar-refractivity contribution is -0.168. The van der Waals surface area contributed by atoms with E-state index in [0.717, 1.165) is 4.90 Å². The Morgan fingerprint density at radius 2 is 1.54 bits per heavy atom. The fourth-order valence-corrected chi connectivity index (χ4v) is 11.2. The number of nitrogens with zero attached hydrogens (tertiary/aromatic N) is 3. The van der Waals surface area contributed by atoms with Gasteiger partial charge in [0.05, 0.1) is 75.5 Å². The molecule has 26 heteroatoms. The second-order valence-electron chi connectivity index (χ2n) is 25.3. The largest absolute Gasteiger partial charge is 0.457 e. The second kappa shape index (κ2) is 36.9. The highest BCUT2D eigenvalue weighted by atomic mass is 16.6. The van der Waals surface area contributed by atoms with E-state index in [4.69, 9.17) is 38.9 Å². The summed E-state index contributed by atoms with van der Waals surface area (Å²) in [6, 6.07) is 5.10. The second-order valence-corrected chi connectivity index (χ2v) is 25.3. The Balaban J connectivity index is 1.12. The molecule has 516 valence electrons. The number of ketones is 2. The van der Waals surface area contributed by atoms with Gasteiger partial charge in [-0.25, -0.2) is 14.4 Å². The van der Waals surface area contributed by atoms with Crippen LogP contribution in [0.25, 0.3) is 0 Å². The number of carbonyl (C=O) groups is 10. The van der Waals surface area contributed by atoms with Crippen LogP contribution < -0.4 is 16.4 Å². The first kappa shape index (κ1) is 76.4. The number of ether oxygens (including phenoxy) is 7. The number of Topliss-reactive ketones (excluding diaryl/α,β-unsaturated/α-hetero) is 2. The van der Waals surface area contributed by atoms with Crippen LogP contribution in [0.5, 0.6) is 0 Å². The third-order valence-electron chi connectivity index (χ3n) is 17.0. The predicted octanol–water partition coefficient (Wildman–Crippen LogP) is 4.86. The van der Waals surface area contributed by atoms with E-state index in [2.05, 4.69) is 10.6 Å². The van der Waals surface area contributed by atoms with E-state index < -0.39 is 101 Å². The highest BCUT2D eigenvalue weighted by molar-refractivity contribution is 6.12. The molecule has 2 fully saturated rings. The van der Waals surface area contributed by atoms with Gasteiger partial charge in [-0.1, -0.05) is 83.2 Å². The van der Waals surface area contributed by atoms with Gasteiger partial charge in [0.25, 0.3) is 11.8 Å². The lowest BCUT2D eigenvalue weighted by Gasteiger charge is -2.38. The van der Waals surface area contributed by atoms with E-state index in [9.17, 15) is 63.3 Å². The molecule has 0 saturated carbocycles. The van der Waals surface area contributed by atoms with Gasteiger partial charge in [-0.05, 0) is 81.6 Å². The first-order valence-corrected chi connectivity index (χ1v) is 32.2. The Morgan fingerprint density at radius 3 is 2.16 bits per heavy atom. The van der Waals surface area contributed by atoms with Gasteiger partial charge in [0.15, 0.2) is 11.9 Å². The number of hydrogen-bond donors (Lipinski definition) is 6. The van der Waals surface area contributed by atoms with Gasteiger partial charge >= 0.3 is 30.2 Å². The van der Waals surface area contributed by atoms with E-state index >= 15 is 0 Å². The first-order valence-electron chi connectivity index (χ1n) is 32.2. The number of carbonyl (C=O) groups excluding carboxylic acids is 10. The number of rotatable bonds is 33. The Kier molecular flexibility index (Phi) is 30.3. The molecule has 0 aromatic heterocycles. The SMILES string of the molecule is CC[C@H](O)[C@@H](C)[C@H]1O[C@@H]1C[C@@](C)(O)/C=C/C=C(\C)[C@H]1OC(=O)C[C@H](O)CC[C@@](C)(OC(C)=O)[C@@H](OC(=O)N2CCN(C(=O)OCc3ccc(CC(=O)[C@H](CCCNC(N)=O)NC(=O)[C@@H](CC(=O)CCOCCOCCN4C(=O)C=CC4=O)C(C)C)cc3)CC2)/C=C/[C@@H]1C. The number of amides is 7. The summed E-state index contributed by atoms with van der Waals surface area (Å²) >= 11 is 0. The number of allylic oxidation sites excluding steroid dienone is 2.